The number of aromatic nitrogens is 1. The predicted octanol–water partition coefficient (Wildman–Crippen LogP) is 3.15. The molecule has 1 aromatic carbocycles. The van der Waals surface area contributed by atoms with Crippen molar-refractivity contribution in [1.29, 1.82) is 0 Å². The van der Waals surface area contributed by atoms with Crippen LogP contribution in [0.5, 0.6) is 0 Å². The molecule has 0 fully saturated rings. The lowest BCUT2D eigenvalue weighted by molar-refractivity contribution is -0.116. The third-order valence-corrected chi connectivity index (χ3v) is 4.12. The zero-order valence-electron chi connectivity index (χ0n) is 12.5. The molecule has 0 saturated carbocycles. The second kappa shape index (κ2) is 8.82. The summed E-state index contributed by atoms with van der Waals surface area (Å²) in [5.41, 5.74) is 1.46. The van der Waals surface area contributed by atoms with Crippen molar-refractivity contribution < 1.29 is 9.18 Å². The molecular weight excluding hydrogens is 325 g/mol. The first kappa shape index (κ1) is 18.5. The molecule has 7 heteroatoms. The van der Waals surface area contributed by atoms with Gasteiger partial charge in [-0.2, -0.15) is 0 Å². The first-order chi connectivity index (χ1) is 10.1. The van der Waals surface area contributed by atoms with Crippen LogP contribution in [-0.2, 0) is 11.2 Å². The van der Waals surface area contributed by atoms with E-state index in [1.165, 1.54) is 17.4 Å². The zero-order chi connectivity index (χ0) is 15.2. The van der Waals surface area contributed by atoms with Crippen molar-refractivity contribution in [3.63, 3.8) is 0 Å². The number of anilines is 1. The van der Waals surface area contributed by atoms with Crippen molar-refractivity contribution in [3.8, 4) is 0 Å². The van der Waals surface area contributed by atoms with Gasteiger partial charge in [-0.1, -0.05) is 18.2 Å². The van der Waals surface area contributed by atoms with Gasteiger partial charge in [0.25, 0.3) is 0 Å². The highest BCUT2D eigenvalue weighted by Gasteiger charge is 2.12. The van der Waals surface area contributed by atoms with Crippen LogP contribution >= 0.6 is 23.7 Å². The topological polar surface area (TPSA) is 54.0 Å². The summed E-state index contributed by atoms with van der Waals surface area (Å²) >= 11 is 1.39. The van der Waals surface area contributed by atoms with Gasteiger partial charge in [0.05, 0.1) is 5.69 Å². The third-order valence-electron chi connectivity index (χ3n) is 3.05. The van der Waals surface area contributed by atoms with E-state index in [2.05, 4.69) is 15.6 Å². The number of hydrogen-bond acceptors (Lipinski definition) is 4. The molecule has 0 aliphatic heterocycles. The van der Waals surface area contributed by atoms with Crippen molar-refractivity contribution in [2.24, 2.45) is 0 Å². The first-order valence-corrected chi connectivity index (χ1v) is 7.56. The number of carbonyl (C=O) groups is 1. The Bertz CT molecular complexity index is 633. The Morgan fingerprint density at radius 3 is 2.77 bits per heavy atom. The molecule has 2 rings (SSSR count). The summed E-state index contributed by atoms with van der Waals surface area (Å²) in [7, 11) is 1.80. The van der Waals surface area contributed by atoms with Gasteiger partial charge in [0.2, 0.25) is 5.91 Å². The predicted molar refractivity (Wildman–Crippen MR) is 90.5 cm³/mol. The van der Waals surface area contributed by atoms with E-state index < -0.39 is 0 Å². The molecule has 0 saturated heterocycles. The molecule has 0 atom stereocenters. The van der Waals surface area contributed by atoms with Gasteiger partial charge in [0, 0.05) is 24.3 Å². The van der Waals surface area contributed by atoms with E-state index in [4.69, 9.17) is 0 Å². The average Bonchev–Trinajstić information content (AvgIpc) is 2.79. The average molecular weight is 344 g/mol. The highest BCUT2D eigenvalue weighted by Crippen LogP contribution is 2.26. The van der Waals surface area contributed by atoms with E-state index in [9.17, 15) is 9.18 Å². The van der Waals surface area contributed by atoms with Crippen LogP contribution in [0.1, 0.15) is 22.6 Å². The van der Waals surface area contributed by atoms with E-state index in [1.807, 2.05) is 13.0 Å². The lowest BCUT2D eigenvalue weighted by atomic mass is 10.1. The maximum Gasteiger partial charge on any atom is 0.227 e. The Morgan fingerprint density at radius 1 is 1.36 bits per heavy atom. The van der Waals surface area contributed by atoms with Gasteiger partial charge in [-0.05, 0) is 25.6 Å². The lowest BCUT2D eigenvalue weighted by Gasteiger charge is -2.01. The molecule has 1 aromatic heterocycles. The highest BCUT2D eigenvalue weighted by molar-refractivity contribution is 7.15. The zero-order valence-corrected chi connectivity index (χ0v) is 14.1. The van der Waals surface area contributed by atoms with E-state index in [0.717, 1.165) is 10.6 Å². The molecule has 0 aliphatic carbocycles. The fourth-order valence-electron chi connectivity index (χ4n) is 1.88. The van der Waals surface area contributed by atoms with Crippen LogP contribution in [0.2, 0.25) is 0 Å². The number of carbonyl (C=O) groups excluding carboxylic acids is 1. The summed E-state index contributed by atoms with van der Waals surface area (Å²) in [6.45, 7) is 2.49. The number of amides is 1. The van der Waals surface area contributed by atoms with Crippen LogP contribution < -0.4 is 10.6 Å². The summed E-state index contributed by atoms with van der Waals surface area (Å²) in [6.07, 6.45) is 0.889. The van der Waals surface area contributed by atoms with Gasteiger partial charge < -0.3 is 10.6 Å². The summed E-state index contributed by atoms with van der Waals surface area (Å²) in [5.74, 6) is -0.291. The maximum absolute atomic E-state index is 13.7. The number of benzene rings is 1. The van der Waals surface area contributed by atoms with Crippen LogP contribution in [0, 0.1) is 12.7 Å². The van der Waals surface area contributed by atoms with Gasteiger partial charge in [0.1, 0.15) is 5.82 Å². The second-order valence-corrected chi connectivity index (χ2v) is 5.78. The smallest absolute Gasteiger partial charge is 0.227 e. The summed E-state index contributed by atoms with van der Waals surface area (Å²) in [4.78, 5) is 17.0. The minimum atomic E-state index is -0.218. The number of aryl methyl sites for hydroxylation is 1. The Labute approximate surface area is 139 Å². The maximum atomic E-state index is 13.7. The van der Waals surface area contributed by atoms with E-state index in [-0.39, 0.29) is 24.1 Å². The largest absolute Gasteiger partial charge is 0.319 e. The molecule has 0 spiro atoms. The van der Waals surface area contributed by atoms with Crippen molar-refractivity contribution in [3.05, 3.63) is 46.2 Å². The van der Waals surface area contributed by atoms with Gasteiger partial charge in [0.15, 0.2) is 5.13 Å². The number of halogens is 2. The van der Waals surface area contributed by atoms with Crippen molar-refractivity contribution >= 4 is 34.8 Å². The minimum Gasteiger partial charge on any atom is -0.319 e. The van der Waals surface area contributed by atoms with Gasteiger partial charge in [-0.25, -0.2) is 9.37 Å². The number of hydrogen-bond donors (Lipinski definition) is 2. The number of nitrogens with one attached hydrogen (secondary N) is 2. The Kier molecular flexibility index (Phi) is 7.44. The fraction of sp³-hybridized carbons (Fsp3) is 0.333. The molecule has 0 aliphatic rings. The first-order valence-electron chi connectivity index (χ1n) is 6.74. The van der Waals surface area contributed by atoms with Crippen LogP contribution in [0.3, 0.4) is 0 Å². The normalized spacial score (nSPS) is 10.1. The van der Waals surface area contributed by atoms with Crippen molar-refractivity contribution in [2.75, 3.05) is 18.9 Å². The van der Waals surface area contributed by atoms with Gasteiger partial charge >= 0.3 is 0 Å². The Balaban J connectivity index is 0.00000242. The molecular formula is C15H19ClFN3OS. The van der Waals surface area contributed by atoms with Gasteiger partial charge in [-0.15, -0.1) is 23.7 Å². The molecule has 0 bridgehead atoms. The molecule has 120 valence electrons. The van der Waals surface area contributed by atoms with Crippen LogP contribution in [0.25, 0.3) is 0 Å². The quantitative estimate of drug-likeness (QED) is 0.847. The second-order valence-electron chi connectivity index (χ2n) is 4.70. The third kappa shape index (κ3) is 5.05. The summed E-state index contributed by atoms with van der Waals surface area (Å²) < 4.78 is 13.7. The SMILES string of the molecule is CNCCC(=O)Nc1nc(C)c(Cc2ccccc2F)s1.Cl. The minimum absolute atomic E-state index is 0. The highest BCUT2D eigenvalue weighted by atomic mass is 35.5. The van der Waals surface area contributed by atoms with E-state index in [0.29, 0.717) is 30.1 Å². The number of nitrogens with zero attached hydrogens (tertiary/aromatic N) is 1. The molecule has 4 nitrogen and oxygen atoms in total. The van der Waals surface area contributed by atoms with Gasteiger partial charge in [-0.3, -0.25) is 4.79 Å². The molecule has 2 N–H and O–H groups in total. The van der Waals surface area contributed by atoms with Crippen molar-refractivity contribution in [1.82, 2.24) is 10.3 Å². The molecule has 22 heavy (non-hydrogen) atoms. The molecule has 0 radical (unpaired) electrons. The molecule has 0 unspecified atom stereocenters. The fourth-order valence-corrected chi connectivity index (χ4v) is 2.88. The standard InChI is InChI=1S/C15H18FN3OS.ClH/c1-10-13(9-11-5-3-4-6-12(11)16)21-15(18-10)19-14(20)7-8-17-2;/h3-6,17H,7-9H2,1-2H3,(H,18,19,20);1H. The Hall–Kier alpha value is -1.50. The summed E-state index contributed by atoms with van der Waals surface area (Å²) in [5, 5.41) is 6.26. The number of rotatable bonds is 6. The summed E-state index contributed by atoms with van der Waals surface area (Å²) in [6, 6.07) is 6.70. The molecule has 1 heterocycles. The molecule has 2 aromatic rings. The van der Waals surface area contributed by atoms with Crippen molar-refractivity contribution in [2.45, 2.75) is 19.8 Å². The van der Waals surface area contributed by atoms with E-state index in [1.54, 1.807) is 19.2 Å². The monoisotopic (exact) mass is 343 g/mol. The lowest BCUT2D eigenvalue weighted by Crippen LogP contribution is -2.18. The van der Waals surface area contributed by atoms with E-state index >= 15 is 0 Å². The number of thiazole rings is 1. The Morgan fingerprint density at radius 2 is 2.09 bits per heavy atom. The molecule has 1 amide bonds. The van der Waals surface area contributed by atoms with Crippen LogP contribution in [0.15, 0.2) is 24.3 Å². The van der Waals surface area contributed by atoms with Crippen LogP contribution in [0.4, 0.5) is 9.52 Å². The van der Waals surface area contributed by atoms with Crippen LogP contribution in [-0.4, -0.2) is 24.5 Å².